The zero-order valence-electron chi connectivity index (χ0n) is 9.59. The fraction of sp³-hybridized carbons (Fsp3) is 0.636. The second kappa shape index (κ2) is 3.77. The standard InChI is InChI=1S/C11H18N4/c1-11(2,3)13-10-6-8-4-5-12-7-9(8)14-15-10/h6,12H,4-5,7H2,1-3H3,(H,13,15). The molecule has 1 aromatic heterocycles. The monoisotopic (exact) mass is 206 g/mol. The first kappa shape index (κ1) is 10.4. The molecule has 4 heteroatoms. The highest BCUT2D eigenvalue weighted by Crippen LogP contribution is 2.16. The molecular weight excluding hydrogens is 188 g/mol. The Balaban J connectivity index is 2.21. The van der Waals surface area contributed by atoms with Crippen LogP contribution in [0, 0.1) is 0 Å². The largest absolute Gasteiger partial charge is 0.364 e. The summed E-state index contributed by atoms with van der Waals surface area (Å²) in [6, 6.07) is 2.12. The molecule has 0 saturated heterocycles. The molecule has 2 rings (SSSR count). The first-order valence-corrected chi connectivity index (χ1v) is 5.39. The van der Waals surface area contributed by atoms with Crippen molar-refractivity contribution in [3.63, 3.8) is 0 Å². The summed E-state index contributed by atoms with van der Waals surface area (Å²) in [5, 5.41) is 15.0. The third-order valence-corrected chi connectivity index (χ3v) is 2.33. The molecule has 4 nitrogen and oxygen atoms in total. The Morgan fingerprint density at radius 2 is 2.13 bits per heavy atom. The van der Waals surface area contributed by atoms with Crippen LogP contribution < -0.4 is 10.6 Å². The summed E-state index contributed by atoms with van der Waals surface area (Å²) in [5.41, 5.74) is 2.44. The van der Waals surface area contributed by atoms with Crippen LogP contribution in [0.5, 0.6) is 0 Å². The normalized spacial score (nSPS) is 15.9. The van der Waals surface area contributed by atoms with Crippen LogP contribution in [0.2, 0.25) is 0 Å². The van der Waals surface area contributed by atoms with Gasteiger partial charge in [0.25, 0.3) is 0 Å². The highest BCUT2D eigenvalue weighted by Gasteiger charge is 2.14. The first-order chi connectivity index (χ1) is 7.04. The maximum absolute atomic E-state index is 4.23. The second-order valence-corrected chi connectivity index (χ2v) is 5.00. The predicted molar refractivity (Wildman–Crippen MR) is 60.8 cm³/mol. The second-order valence-electron chi connectivity index (χ2n) is 5.00. The van der Waals surface area contributed by atoms with Crippen LogP contribution in [-0.2, 0) is 13.0 Å². The molecule has 15 heavy (non-hydrogen) atoms. The molecule has 2 N–H and O–H groups in total. The number of aromatic nitrogens is 2. The summed E-state index contributed by atoms with van der Waals surface area (Å²) in [6.07, 6.45) is 1.05. The number of fused-ring (bicyclic) bond motifs is 1. The Kier molecular flexibility index (Phi) is 2.61. The van der Waals surface area contributed by atoms with Gasteiger partial charge in [0.05, 0.1) is 5.69 Å². The number of rotatable bonds is 1. The molecule has 0 fully saturated rings. The van der Waals surface area contributed by atoms with Gasteiger partial charge in [-0.15, -0.1) is 5.10 Å². The van der Waals surface area contributed by atoms with Gasteiger partial charge in [0.2, 0.25) is 0 Å². The van der Waals surface area contributed by atoms with Gasteiger partial charge in [-0.3, -0.25) is 0 Å². The first-order valence-electron chi connectivity index (χ1n) is 5.39. The summed E-state index contributed by atoms with van der Waals surface area (Å²) in [5.74, 6) is 0.878. The minimum atomic E-state index is 0.0375. The molecule has 2 heterocycles. The lowest BCUT2D eigenvalue weighted by molar-refractivity contribution is 0.605. The van der Waals surface area contributed by atoms with Crippen molar-refractivity contribution >= 4 is 5.82 Å². The Hall–Kier alpha value is -1.16. The molecule has 1 aliphatic heterocycles. The molecule has 0 spiro atoms. The summed E-state index contributed by atoms with van der Waals surface area (Å²) >= 11 is 0. The molecule has 1 aromatic rings. The zero-order valence-corrected chi connectivity index (χ0v) is 9.59. The van der Waals surface area contributed by atoms with Crippen LogP contribution in [0.15, 0.2) is 6.07 Å². The van der Waals surface area contributed by atoms with E-state index < -0.39 is 0 Å². The van der Waals surface area contributed by atoms with Gasteiger partial charge in [-0.05, 0) is 45.4 Å². The highest BCUT2D eigenvalue weighted by molar-refractivity contribution is 5.40. The fourth-order valence-corrected chi connectivity index (χ4v) is 1.70. The van der Waals surface area contributed by atoms with Gasteiger partial charge in [0, 0.05) is 12.1 Å². The SMILES string of the molecule is CC(C)(C)Nc1cc2c(nn1)CNCC2. The molecule has 0 saturated carbocycles. The Bertz CT molecular complexity index is 354. The summed E-state index contributed by atoms with van der Waals surface area (Å²) in [4.78, 5) is 0. The number of nitrogens with zero attached hydrogens (tertiary/aromatic N) is 2. The van der Waals surface area contributed by atoms with Gasteiger partial charge in [-0.25, -0.2) is 0 Å². The van der Waals surface area contributed by atoms with E-state index in [2.05, 4.69) is 47.7 Å². The van der Waals surface area contributed by atoms with E-state index in [0.717, 1.165) is 31.0 Å². The maximum Gasteiger partial charge on any atom is 0.149 e. The van der Waals surface area contributed by atoms with Crippen LogP contribution >= 0.6 is 0 Å². The van der Waals surface area contributed by atoms with Crippen molar-refractivity contribution in [3.05, 3.63) is 17.3 Å². The molecule has 0 aliphatic carbocycles. The van der Waals surface area contributed by atoms with Crippen LogP contribution in [0.4, 0.5) is 5.82 Å². The molecule has 0 atom stereocenters. The van der Waals surface area contributed by atoms with E-state index in [4.69, 9.17) is 0 Å². The molecule has 0 bridgehead atoms. The lowest BCUT2D eigenvalue weighted by Gasteiger charge is -2.22. The van der Waals surface area contributed by atoms with Gasteiger partial charge in [-0.2, -0.15) is 5.10 Å². The number of hydrogen-bond acceptors (Lipinski definition) is 4. The van der Waals surface area contributed by atoms with Crippen molar-refractivity contribution in [1.29, 1.82) is 0 Å². The van der Waals surface area contributed by atoms with E-state index in [1.165, 1.54) is 5.56 Å². The minimum absolute atomic E-state index is 0.0375. The molecule has 0 radical (unpaired) electrons. The molecule has 82 valence electrons. The van der Waals surface area contributed by atoms with Crippen molar-refractivity contribution in [2.24, 2.45) is 0 Å². The van der Waals surface area contributed by atoms with Gasteiger partial charge < -0.3 is 10.6 Å². The van der Waals surface area contributed by atoms with Crippen molar-refractivity contribution in [2.75, 3.05) is 11.9 Å². The number of anilines is 1. The summed E-state index contributed by atoms with van der Waals surface area (Å²) in [6.45, 7) is 8.24. The summed E-state index contributed by atoms with van der Waals surface area (Å²) in [7, 11) is 0. The number of nitrogens with one attached hydrogen (secondary N) is 2. The van der Waals surface area contributed by atoms with E-state index in [1.807, 2.05) is 0 Å². The third-order valence-electron chi connectivity index (χ3n) is 2.33. The number of hydrogen-bond donors (Lipinski definition) is 2. The van der Waals surface area contributed by atoms with Gasteiger partial charge in [0.15, 0.2) is 0 Å². The van der Waals surface area contributed by atoms with Crippen LogP contribution in [-0.4, -0.2) is 22.3 Å². The third kappa shape index (κ3) is 2.65. The van der Waals surface area contributed by atoms with Crippen LogP contribution in [0.3, 0.4) is 0 Å². The topological polar surface area (TPSA) is 49.8 Å². The molecule has 0 aromatic carbocycles. The van der Waals surface area contributed by atoms with Gasteiger partial charge in [-0.1, -0.05) is 0 Å². The predicted octanol–water partition coefficient (Wildman–Crippen LogP) is 1.33. The Labute approximate surface area is 90.5 Å². The van der Waals surface area contributed by atoms with Crippen LogP contribution in [0.25, 0.3) is 0 Å². The van der Waals surface area contributed by atoms with Crippen molar-refractivity contribution in [3.8, 4) is 0 Å². The van der Waals surface area contributed by atoms with E-state index in [1.54, 1.807) is 0 Å². The average Bonchev–Trinajstić information content (AvgIpc) is 2.15. The lowest BCUT2D eigenvalue weighted by Crippen LogP contribution is -2.29. The van der Waals surface area contributed by atoms with Gasteiger partial charge >= 0.3 is 0 Å². The van der Waals surface area contributed by atoms with E-state index in [-0.39, 0.29) is 5.54 Å². The van der Waals surface area contributed by atoms with Crippen molar-refractivity contribution < 1.29 is 0 Å². The smallest absolute Gasteiger partial charge is 0.149 e. The molecular formula is C11H18N4. The summed E-state index contributed by atoms with van der Waals surface area (Å²) < 4.78 is 0. The average molecular weight is 206 g/mol. The van der Waals surface area contributed by atoms with Crippen LogP contribution in [0.1, 0.15) is 32.0 Å². The quantitative estimate of drug-likeness (QED) is 0.728. The minimum Gasteiger partial charge on any atom is -0.364 e. The van der Waals surface area contributed by atoms with Gasteiger partial charge in [0.1, 0.15) is 5.82 Å². The lowest BCUT2D eigenvalue weighted by atomic mass is 10.1. The molecule has 0 unspecified atom stereocenters. The Morgan fingerprint density at radius 3 is 2.87 bits per heavy atom. The molecule has 0 amide bonds. The zero-order chi connectivity index (χ0) is 10.9. The van der Waals surface area contributed by atoms with E-state index in [9.17, 15) is 0 Å². The maximum atomic E-state index is 4.23. The fourth-order valence-electron chi connectivity index (χ4n) is 1.70. The molecule has 1 aliphatic rings. The van der Waals surface area contributed by atoms with Crippen molar-refractivity contribution in [2.45, 2.75) is 39.3 Å². The highest BCUT2D eigenvalue weighted by atomic mass is 15.2. The Morgan fingerprint density at radius 1 is 1.33 bits per heavy atom. The van der Waals surface area contributed by atoms with Crippen molar-refractivity contribution in [1.82, 2.24) is 15.5 Å². The van der Waals surface area contributed by atoms with E-state index in [0.29, 0.717) is 0 Å². The van der Waals surface area contributed by atoms with E-state index >= 15 is 0 Å².